The van der Waals surface area contributed by atoms with Crippen molar-refractivity contribution in [1.82, 2.24) is 14.5 Å². The van der Waals surface area contributed by atoms with Crippen molar-refractivity contribution >= 4 is 5.91 Å². The summed E-state index contributed by atoms with van der Waals surface area (Å²) in [5.41, 5.74) is -0.919. The van der Waals surface area contributed by atoms with Crippen LogP contribution in [0.15, 0.2) is 12.4 Å². The van der Waals surface area contributed by atoms with Gasteiger partial charge in [-0.25, -0.2) is 4.98 Å². The molecule has 0 aromatic carbocycles. The number of hydrogen-bond donors (Lipinski definition) is 1. The summed E-state index contributed by atoms with van der Waals surface area (Å²) < 4.78 is 7.45. The Hall–Kier alpha value is -1.40. The lowest BCUT2D eigenvalue weighted by Gasteiger charge is -2.44. The Morgan fingerprint density at radius 3 is 2.64 bits per heavy atom. The van der Waals surface area contributed by atoms with E-state index < -0.39 is 5.60 Å². The highest BCUT2D eigenvalue weighted by Crippen LogP contribution is 2.45. The summed E-state index contributed by atoms with van der Waals surface area (Å²) in [5, 5.41) is 11.1. The first-order chi connectivity index (χ1) is 10.6. The number of carbonyl (C=O) groups excluding carboxylic acids is 1. The average Bonchev–Trinajstić information content (AvgIpc) is 3.19. The molecule has 6 heteroatoms. The monoisotopic (exact) mass is 305 g/mol. The van der Waals surface area contributed by atoms with Gasteiger partial charge in [-0.1, -0.05) is 0 Å². The highest BCUT2D eigenvalue weighted by Gasteiger charge is 2.52. The first-order valence-corrected chi connectivity index (χ1v) is 8.22. The Kier molecular flexibility index (Phi) is 3.27. The average molecular weight is 305 g/mol. The third-order valence-corrected chi connectivity index (χ3v) is 5.46. The van der Waals surface area contributed by atoms with Crippen molar-refractivity contribution in [1.29, 1.82) is 0 Å². The summed E-state index contributed by atoms with van der Waals surface area (Å²) in [6.07, 6.45) is 8.21. The highest BCUT2D eigenvalue weighted by molar-refractivity contribution is 5.82. The van der Waals surface area contributed by atoms with Crippen LogP contribution >= 0.6 is 0 Å². The SMILES string of the molecule is Cn1ccnc1C1(O)C[C@@H]2CC[C@@H](C1)N2C(=O)[C@@H]1CCCO1. The van der Waals surface area contributed by atoms with Crippen LogP contribution in [0, 0.1) is 0 Å². The van der Waals surface area contributed by atoms with Crippen LogP contribution in [-0.2, 0) is 22.2 Å². The number of amides is 1. The lowest BCUT2D eigenvalue weighted by molar-refractivity contribution is -0.152. The van der Waals surface area contributed by atoms with Gasteiger partial charge in [0.1, 0.15) is 17.5 Å². The van der Waals surface area contributed by atoms with Crippen molar-refractivity contribution < 1.29 is 14.6 Å². The standard InChI is InChI=1S/C16H23N3O3/c1-18-7-6-17-15(18)16(21)9-11-4-5-12(10-16)19(11)14(20)13-3-2-8-22-13/h6-7,11-13,21H,2-5,8-10H2,1H3/t11-,12-,13-/m0/s1. The molecule has 1 aromatic rings. The number of aromatic nitrogens is 2. The van der Waals surface area contributed by atoms with Crippen LogP contribution in [0.25, 0.3) is 0 Å². The van der Waals surface area contributed by atoms with Crippen LogP contribution < -0.4 is 0 Å². The van der Waals surface area contributed by atoms with Gasteiger partial charge in [-0.05, 0) is 25.7 Å². The minimum atomic E-state index is -0.919. The molecule has 120 valence electrons. The topological polar surface area (TPSA) is 67.6 Å². The van der Waals surface area contributed by atoms with Gasteiger partial charge in [0.25, 0.3) is 5.91 Å². The van der Waals surface area contributed by atoms with Crippen molar-refractivity contribution in [2.45, 2.75) is 62.3 Å². The molecule has 1 N–H and O–H groups in total. The van der Waals surface area contributed by atoms with Crippen LogP contribution in [0.3, 0.4) is 0 Å². The molecule has 6 nitrogen and oxygen atoms in total. The van der Waals surface area contributed by atoms with E-state index in [1.807, 2.05) is 22.7 Å². The molecule has 3 fully saturated rings. The molecule has 4 heterocycles. The second kappa shape index (κ2) is 5.06. The number of aryl methyl sites for hydroxylation is 1. The van der Waals surface area contributed by atoms with Crippen molar-refractivity contribution in [3.63, 3.8) is 0 Å². The molecule has 0 saturated carbocycles. The van der Waals surface area contributed by atoms with E-state index in [-0.39, 0.29) is 24.1 Å². The number of aliphatic hydroxyl groups is 1. The Morgan fingerprint density at radius 1 is 1.36 bits per heavy atom. The summed E-state index contributed by atoms with van der Waals surface area (Å²) >= 11 is 0. The van der Waals surface area contributed by atoms with Gasteiger partial charge in [0.05, 0.1) is 0 Å². The smallest absolute Gasteiger partial charge is 0.252 e. The molecule has 3 atom stereocenters. The normalized spacial score (nSPS) is 37.7. The molecule has 0 aliphatic carbocycles. The Balaban J connectivity index is 1.57. The number of hydrogen-bond acceptors (Lipinski definition) is 4. The molecular formula is C16H23N3O3. The maximum absolute atomic E-state index is 12.7. The van der Waals surface area contributed by atoms with Gasteiger partial charge in [-0.15, -0.1) is 0 Å². The van der Waals surface area contributed by atoms with Crippen molar-refractivity contribution in [2.24, 2.45) is 7.05 Å². The minimum absolute atomic E-state index is 0.108. The van der Waals surface area contributed by atoms with Gasteiger partial charge in [-0.3, -0.25) is 4.79 Å². The number of nitrogens with zero attached hydrogens (tertiary/aromatic N) is 3. The first kappa shape index (κ1) is 14.2. The second-order valence-electron chi connectivity index (χ2n) is 6.93. The molecule has 1 amide bonds. The number of carbonyl (C=O) groups is 1. The van der Waals surface area contributed by atoms with Gasteiger partial charge in [0.15, 0.2) is 0 Å². The van der Waals surface area contributed by atoms with E-state index in [4.69, 9.17) is 4.74 Å². The summed E-state index contributed by atoms with van der Waals surface area (Å²) in [6.45, 7) is 0.691. The fourth-order valence-corrected chi connectivity index (χ4v) is 4.52. The lowest BCUT2D eigenvalue weighted by atomic mass is 9.85. The van der Waals surface area contributed by atoms with Gasteiger partial charge in [0.2, 0.25) is 0 Å². The summed E-state index contributed by atoms with van der Waals surface area (Å²) in [5.74, 6) is 0.848. The number of rotatable bonds is 2. The lowest BCUT2D eigenvalue weighted by Crippen LogP contribution is -2.55. The zero-order chi connectivity index (χ0) is 15.3. The number of fused-ring (bicyclic) bond motifs is 2. The zero-order valence-corrected chi connectivity index (χ0v) is 12.9. The maximum atomic E-state index is 12.7. The molecule has 4 rings (SSSR count). The predicted molar refractivity (Wildman–Crippen MR) is 79.0 cm³/mol. The Bertz CT molecular complexity index is 565. The molecule has 3 saturated heterocycles. The number of ether oxygens (including phenoxy) is 1. The van der Waals surface area contributed by atoms with E-state index in [9.17, 15) is 9.90 Å². The quantitative estimate of drug-likeness (QED) is 0.883. The maximum Gasteiger partial charge on any atom is 0.252 e. The molecular weight excluding hydrogens is 282 g/mol. The summed E-state index contributed by atoms with van der Waals surface area (Å²) in [6, 6.07) is 0.217. The summed E-state index contributed by atoms with van der Waals surface area (Å²) in [7, 11) is 1.91. The van der Waals surface area contributed by atoms with Crippen LogP contribution in [0.4, 0.5) is 0 Å². The molecule has 3 aliphatic rings. The van der Waals surface area contributed by atoms with Crippen LogP contribution in [0.2, 0.25) is 0 Å². The molecule has 0 unspecified atom stereocenters. The van der Waals surface area contributed by atoms with E-state index in [1.165, 1.54) is 0 Å². The zero-order valence-electron chi connectivity index (χ0n) is 12.9. The molecule has 0 radical (unpaired) electrons. The Morgan fingerprint density at radius 2 is 2.09 bits per heavy atom. The van der Waals surface area contributed by atoms with E-state index in [1.54, 1.807) is 6.20 Å². The van der Waals surface area contributed by atoms with Crippen LogP contribution in [0.5, 0.6) is 0 Å². The van der Waals surface area contributed by atoms with Gasteiger partial charge >= 0.3 is 0 Å². The van der Waals surface area contributed by atoms with Crippen molar-refractivity contribution in [3.8, 4) is 0 Å². The third-order valence-electron chi connectivity index (χ3n) is 5.46. The highest BCUT2D eigenvalue weighted by atomic mass is 16.5. The first-order valence-electron chi connectivity index (χ1n) is 8.22. The predicted octanol–water partition coefficient (Wildman–Crippen LogP) is 0.940. The van der Waals surface area contributed by atoms with Crippen molar-refractivity contribution in [2.75, 3.05) is 6.61 Å². The Labute approximate surface area is 130 Å². The van der Waals surface area contributed by atoms with E-state index in [0.717, 1.165) is 25.7 Å². The fourth-order valence-electron chi connectivity index (χ4n) is 4.52. The van der Waals surface area contributed by atoms with E-state index in [2.05, 4.69) is 4.98 Å². The van der Waals surface area contributed by atoms with Gasteiger partial charge in [0, 0.05) is 51.0 Å². The number of piperidine rings is 1. The van der Waals surface area contributed by atoms with Crippen LogP contribution in [-0.4, -0.2) is 50.3 Å². The summed E-state index contributed by atoms with van der Waals surface area (Å²) in [4.78, 5) is 19.1. The minimum Gasteiger partial charge on any atom is -0.382 e. The molecule has 2 bridgehead atoms. The van der Waals surface area contributed by atoms with E-state index >= 15 is 0 Å². The largest absolute Gasteiger partial charge is 0.382 e. The fraction of sp³-hybridized carbons (Fsp3) is 0.750. The van der Waals surface area contributed by atoms with Crippen molar-refractivity contribution in [3.05, 3.63) is 18.2 Å². The second-order valence-corrected chi connectivity index (χ2v) is 6.93. The van der Waals surface area contributed by atoms with Crippen LogP contribution in [0.1, 0.15) is 44.3 Å². The van der Waals surface area contributed by atoms with E-state index in [0.29, 0.717) is 25.3 Å². The molecule has 22 heavy (non-hydrogen) atoms. The number of imidazole rings is 1. The molecule has 3 aliphatic heterocycles. The van der Waals surface area contributed by atoms with Gasteiger partial charge in [-0.2, -0.15) is 0 Å². The molecule has 0 spiro atoms. The van der Waals surface area contributed by atoms with Gasteiger partial charge < -0.3 is 19.3 Å². The third kappa shape index (κ3) is 2.08. The molecule has 1 aromatic heterocycles.